The molecule has 0 amide bonds. The second-order valence-electron chi connectivity index (χ2n) is 11.0. The van der Waals surface area contributed by atoms with E-state index < -0.39 is 37.1 Å². The smallest absolute Gasteiger partial charge is 0.351 e. The lowest BCUT2D eigenvalue weighted by Gasteiger charge is -2.28. The zero-order valence-electron chi connectivity index (χ0n) is 24.5. The Kier molecular flexibility index (Phi) is 9.60. The summed E-state index contributed by atoms with van der Waals surface area (Å²) in [7, 11) is 0. The highest BCUT2D eigenvalue weighted by Gasteiger charge is 2.36. The molecule has 0 fully saturated rings. The molecule has 0 aliphatic rings. The third-order valence-electron chi connectivity index (χ3n) is 8.05. The van der Waals surface area contributed by atoms with Crippen LogP contribution in [-0.2, 0) is 17.1 Å². The molecule has 0 aromatic heterocycles. The van der Waals surface area contributed by atoms with E-state index in [0.29, 0.717) is 17.5 Å². The minimum Gasteiger partial charge on any atom is -0.351 e. The minimum atomic E-state index is -4.50. The van der Waals surface area contributed by atoms with Crippen LogP contribution in [0, 0.1) is 0 Å². The van der Waals surface area contributed by atoms with Crippen molar-refractivity contribution in [3.63, 3.8) is 0 Å². The monoisotopic (exact) mass is 622 g/mol. The van der Waals surface area contributed by atoms with Gasteiger partial charge in [-0.1, -0.05) is 122 Å². The highest BCUT2D eigenvalue weighted by atomic mass is 19.4. The number of nitrogens with one attached hydrogen (secondary N) is 2. The molecular formula is C33H30B2F6N2O2. The molecule has 1 atom stereocenters. The Balaban J connectivity index is 1.80. The van der Waals surface area contributed by atoms with Crippen LogP contribution in [0.4, 0.5) is 26.3 Å². The first-order chi connectivity index (χ1) is 21.5. The zero-order chi connectivity index (χ0) is 32.4. The maximum absolute atomic E-state index is 13.5. The van der Waals surface area contributed by atoms with Crippen molar-refractivity contribution in [2.75, 3.05) is 13.1 Å². The van der Waals surface area contributed by atoms with Gasteiger partial charge in [-0.05, 0) is 38.3 Å². The quantitative estimate of drug-likeness (QED) is 0.0816. The molecule has 0 aliphatic carbocycles. The molecule has 1 unspecified atom stereocenters. The van der Waals surface area contributed by atoms with Crippen LogP contribution in [0.2, 0.25) is 5.82 Å². The Morgan fingerprint density at radius 1 is 0.667 bits per heavy atom. The predicted molar refractivity (Wildman–Crippen MR) is 168 cm³/mol. The Bertz CT molecular complexity index is 1710. The van der Waals surface area contributed by atoms with Crippen LogP contribution in [0.3, 0.4) is 0 Å². The van der Waals surface area contributed by atoms with Crippen LogP contribution >= 0.6 is 0 Å². The molecule has 0 spiro atoms. The topological polar surface area (TPSA) is 53.5 Å². The molecule has 5 aromatic carbocycles. The third-order valence-corrected chi connectivity index (χ3v) is 8.05. The average Bonchev–Trinajstić information content (AvgIpc) is 3.01. The third kappa shape index (κ3) is 6.74. The van der Waals surface area contributed by atoms with E-state index in [1.165, 1.54) is 24.3 Å². The summed E-state index contributed by atoms with van der Waals surface area (Å²) in [5, 5.41) is 12.8. The van der Waals surface area contributed by atoms with Crippen molar-refractivity contribution in [1.82, 2.24) is 11.0 Å². The van der Waals surface area contributed by atoms with E-state index in [0.717, 1.165) is 56.7 Å². The number of fused-ring (bicyclic) bond motifs is 2. The molecule has 5 rings (SSSR count). The van der Waals surface area contributed by atoms with Gasteiger partial charge in [-0.2, -0.15) is 26.3 Å². The van der Waals surface area contributed by atoms with Crippen molar-refractivity contribution < 1.29 is 36.3 Å². The summed E-state index contributed by atoms with van der Waals surface area (Å²) in [6.07, 6.45) is -8.99. The van der Waals surface area contributed by atoms with E-state index in [1.807, 2.05) is 62.4 Å². The molecule has 0 saturated heterocycles. The van der Waals surface area contributed by atoms with Gasteiger partial charge in [-0.15, -0.1) is 0 Å². The van der Waals surface area contributed by atoms with Crippen molar-refractivity contribution in [2.45, 2.75) is 32.0 Å². The Labute approximate surface area is 257 Å². The lowest BCUT2D eigenvalue weighted by molar-refractivity contribution is -0.138. The van der Waals surface area contributed by atoms with Crippen LogP contribution < -0.4 is 32.8 Å². The lowest BCUT2D eigenvalue weighted by atomic mass is 9.32. The van der Waals surface area contributed by atoms with Crippen molar-refractivity contribution in [1.29, 1.82) is 0 Å². The highest BCUT2D eigenvalue weighted by molar-refractivity contribution is 6.91. The fourth-order valence-electron chi connectivity index (χ4n) is 6.04. The van der Waals surface area contributed by atoms with Crippen molar-refractivity contribution in [3.8, 4) is 0 Å². The van der Waals surface area contributed by atoms with Gasteiger partial charge in [0.2, 0.25) is 6.71 Å². The van der Waals surface area contributed by atoms with Gasteiger partial charge in [0.05, 0.1) is 11.1 Å². The SMILES string of the molecule is CCNOB(c1ccc(C(F)(F)F)cc1)c1c2ccccc2c(B(c2ccc(C(F)(F)F)cc2)C(C)CNO)c2ccccc12. The maximum atomic E-state index is 13.5. The fourth-order valence-corrected chi connectivity index (χ4v) is 6.04. The number of alkyl halides is 6. The van der Waals surface area contributed by atoms with Crippen LogP contribution in [0.5, 0.6) is 0 Å². The number of rotatable bonds is 10. The van der Waals surface area contributed by atoms with Crippen molar-refractivity contribution in [2.24, 2.45) is 0 Å². The van der Waals surface area contributed by atoms with Gasteiger partial charge in [0.25, 0.3) is 0 Å². The van der Waals surface area contributed by atoms with E-state index in [2.05, 4.69) is 11.0 Å². The van der Waals surface area contributed by atoms with Crippen LogP contribution in [-0.4, -0.2) is 31.9 Å². The van der Waals surface area contributed by atoms with Gasteiger partial charge in [-0.3, -0.25) is 0 Å². The second kappa shape index (κ2) is 13.3. The van der Waals surface area contributed by atoms with Crippen LogP contribution in [0.25, 0.3) is 21.5 Å². The number of hydrogen-bond donors (Lipinski definition) is 3. The highest BCUT2D eigenvalue weighted by Crippen LogP contribution is 2.30. The molecule has 4 nitrogen and oxygen atoms in total. The summed E-state index contributed by atoms with van der Waals surface area (Å²) in [6, 6.07) is 25.0. The second-order valence-corrected chi connectivity index (χ2v) is 11.0. The molecule has 232 valence electrons. The van der Waals surface area contributed by atoms with E-state index in [-0.39, 0.29) is 12.4 Å². The zero-order valence-corrected chi connectivity index (χ0v) is 24.5. The fraction of sp³-hybridized carbons (Fsp3) is 0.212. The Morgan fingerprint density at radius 3 is 1.49 bits per heavy atom. The molecule has 45 heavy (non-hydrogen) atoms. The van der Waals surface area contributed by atoms with Gasteiger partial charge in [-0.25, -0.2) is 11.0 Å². The first-order valence-electron chi connectivity index (χ1n) is 14.5. The molecule has 12 heteroatoms. The van der Waals surface area contributed by atoms with Crippen LogP contribution in [0.1, 0.15) is 25.0 Å². The first-order valence-corrected chi connectivity index (χ1v) is 14.5. The maximum Gasteiger partial charge on any atom is 0.416 e. The molecule has 0 heterocycles. The van der Waals surface area contributed by atoms with Gasteiger partial charge < -0.3 is 9.96 Å². The van der Waals surface area contributed by atoms with Gasteiger partial charge in [0.1, 0.15) is 0 Å². The van der Waals surface area contributed by atoms with E-state index >= 15 is 0 Å². The Morgan fingerprint density at radius 2 is 1.09 bits per heavy atom. The largest absolute Gasteiger partial charge is 0.416 e. The first kappa shape index (κ1) is 32.6. The van der Waals surface area contributed by atoms with Crippen molar-refractivity contribution >= 4 is 57.0 Å². The summed E-state index contributed by atoms with van der Waals surface area (Å²) in [6.45, 7) is 3.09. The predicted octanol–water partition coefficient (Wildman–Crippen LogP) is 5.66. The Hall–Kier alpha value is -3.83. The molecule has 0 bridgehead atoms. The molecular weight excluding hydrogens is 592 g/mol. The average molecular weight is 622 g/mol. The molecule has 0 aliphatic heterocycles. The summed E-state index contributed by atoms with van der Waals surface area (Å²) in [5.41, 5.74) is 6.29. The van der Waals surface area contributed by atoms with Gasteiger partial charge in [0.15, 0.2) is 0 Å². The molecule has 5 aromatic rings. The summed E-state index contributed by atoms with van der Waals surface area (Å²) in [5.74, 6) is -0.270. The number of benzene rings is 5. The summed E-state index contributed by atoms with van der Waals surface area (Å²) in [4.78, 5) is 0. The van der Waals surface area contributed by atoms with Gasteiger partial charge >= 0.3 is 19.3 Å². The number of hydroxylamine groups is 2. The van der Waals surface area contributed by atoms with Crippen LogP contribution in [0.15, 0.2) is 97.1 Å². The normalized spacial score (nSPS) is 12.9. The number of halogens is 6. The van der Waals surface area contributed by atoms with E-state index in [1.54, 1.807) is 0 Å². The number of hydrogen-bond acceptors (Lipinski definition) is 4. The summed E-state index contributed by atoms with van der Waals surface area (Å²) >= 11 is 0. The van der Waals surface area contributed by atoms with E-state index in [4.69, 9.17) is 4.76 Å². The van der Waals surface area contributed by atoms with E-state index in [9.17, 15) is 31.5 Å². The molecule has 3 N–H and O–H groups in total. The van der Waals surface area contributed by atoms with Crippen molar-refractivity contribution in [3.05, 3.63) is 108 Å². The lowest BCUT2D eigenvalue weighted by Crippen LogP contribution is -2.52. The standard InChI is InChI=1S/C33H30B2F6N2O2/c1-3-43-45-35(25-18-14-23(15-19-25)33(39,40)41)31-28-10-6-4-8-26(28)30(27-9-5-7-11-29(27)31)34(21(2)20-42-44)24-16-12-22(13-17-24)32(36,37)38/h4-19,21,42-44H,3,20H2,1-2H3. The molecule has 0 saturated carbocycles. The van der Waals surface area contributed by atoms with Gasteiger partial charge in [0, 0.05) is 13.1 Å². The minimum absolute atomic E-state index is 0.161. The molecule has 0 radical (unpaired) electrons. The summed E-state index contributed by atoms with van der Waals surface area (Å²) < 4.78 is 86.7.